The van der Waals surface area contributed by atoms with Crippen LogP contribution in [0.15, 0.2) is 184 Å². The van der Waals surface area contributed by atoms with E-state index in [4.69, 9.17) is 8.83 Å². The Morgan fingerprint density at radius 1 is 0.628 bits per heavy atom. The largest absolute Gasteiger partial charge is 0.460 e. The van der Waals surface area contributed by atoms with Crippen molar-refractivity contribution in [1.82, 2.24) is 0 Å². The zero-order chi connectivity index (χ0) is 52.8. The third kappa shape index (κ3) is 6.36. The number of furan rings is 2. The summed E-state index contributed by atoms with van der Waals surface area (Å²) in [5, 5.41) is 7.98. The fourth-order valence-electron chi connectivity index (χ4n) is 14.6. The molecule has 4 aliphatic heterocycles. The van der Waals surface area contributed by atoms with Crippen molar-refractivity contribution in [2.24, 2.45) is 11.8 Å². The van der Waals surface area contributed by atoms with Crippen molar-refractivity contribution < 1.29 is 8.83 Å². The number of aryl methyl sites for hydroxylation is 2. The number of nitrogens with zero attached hydrogens (tertiary/aromatic N) is 3. The molecule has 0 radical (unpaired) electrons. The molecule has 0 saturated heterocycles. The molecule has 9 aromatic rings. The van der Waals surface area contributed by atoms with Crippen LogP contribution in [0.2, 0.25) is 0 Å². The third-order valence-electron chi connectivity index (χ3n) is 18.2. The number of anilines is 8. The molecule has 5 nitrogen and oxygen atoms in total. The molecule has 7 heteroatoms. The van der Waals surface area contributed by atoms with Crippen molar-refractivity contribution in [3.63, 3.8) is 0 Å². The molecule has 78 heavy (non-hydrogen) atoms. The predicted octanol–water partition coefficient (Wildman–Crippen LogP) is 16.3. The predicted molar refractivity (Wildman–Crippen MR) is 333 cm³/mol. The van der Waals surface area contributed by atoms with Gasteiger partial charge in [0.15, 0.2) is 18.2 Å². The summed E-state index contributed by atoms with van der Waals surface area (Å²) in [5.41, 5.74) is 25.6. The van der Waals surface area contributed by atoms with Gasteiger partial charge in [0.1, 0.15) is 27.8 Å². The molecule has 3 unspecified atom stereocenters. The zero-order valence-electron chi connectivity index (χ0n) is 46.0. The Hall–Kier alpha value is -7.79. The van der Waals surface area contributed by atoms with Crippen molar-refractivity contribution in [2.45, 2.75) is 92.4 Å². The van der Waals surface area contributed by atoms with Crippen LogP contribution >= 0.6 is 7.55 Å². The fourth-order valence-corrected chi connectivity index (χ4v) is 17.8. The topological polar surface area (TPSA) is 36.0 Å². The fraction of sp³-hybridized carbons (Fsp3) is 0.225. The van der Waals surface area contributed by atoms with Crippen LogP contribution in [0.4, 0.5) is 45.5 Å². The van der Waals surface area contributed by atoms with Crippen molar-refractivity contribution in [3.8, 4) is 0 Å². The van der Waals surface area contributed by atoms with E-state index in [0.717, 1.165) is 64.2 Å². The van der Waals surface area contributed by atoms with E-state index in [9.17, 15) is 0 Å². The van der Waals surface area contributed by atoms with E-state index in [1.807, 2.05) is 0 Å². The highest BCUT2D eigenvalue weighted by Crippen LogP contribution is 2.56. The summed E-state index contributed by atoms with van der Waals surface area (Å²) in [6.45, 7) is 20.8. The van der Waals surface area contributed by atoms with Crippen LogP contribution in [0.5, 0.6) is 0 Å². The first-order valence-corrected chi connectivity index (χ1v) is 29.6. The molecule has 0 saturated carbocycles. The summed E-state index contributed by atoms with van der Waals surface area (Å²) >= 11 is 0. The smallest absolute Gasteiger partial charge is 0.263 e. The van der Waals surface area contributed by atoms with Crippen LogP contribution in [0.25, 0.3) is 38.5 Å². The van der Waals surface area contributed by atoms with Crippen LogP contribution in [-0.4, -0.2) is 12.0 Å². The molecule has 0 N–H and O–H groups in total. The highest BCUT2D eigenvalue weighted by atomic mass is 31.1. The summed E-state index contributed by atoms with van der Waals surface area (Å²) in [7, 11) is -1.12. The lowest BCUT2D eigenvalue weighted by Crippen LogP contribution is -2.70. The Kier molecular flexibility index (Phi) is 9.59. The zero-order valence-corrected chi connectivity index (χ0v) is 46.9. The van der Waals surface area contributed by atoms with Crippen LogP contribution in [0.3, 0.4) is 0 Å². The average Bonchev–Trinajstić information content (AvgIpc) is 2.98. The van der Waals surface area contributed by atoms with Crippen molar-refractivity contribution in [2.75, 3.05) is 14.7 Å². The number of rotatable bonds is 5. The maximum atomic E-state index is 7.35. The maximum absolute atomic E-state index is 7.35. The normalized spacial score (nSPS) is 18.9. The molecular formula is C71H62BN3O2P+. The molecule has 0 spiro atoms. The van der Waals surface area contributed by atoms with Gasteiger partial charge >= 0.3 is 0 Å². The number of hydrogen-bond acceptors (Lipinski definition) is 5. The van der Waals surface area contributed by atoms with Crippen molar-refractivity contribution in [1.29, 1.82) is 0 Å². The minimum atomic E-state index is -1.12. The molecular weight excluding hydrogens is 969 g/mol. The second-order valence-electron chi connectivity index (χ2n) is 25.2. The Morgan fingerprint density at radius 2 is 1.31 bits per heavy atom. The molecule has 7 aliphatic rings. The van der Waals surface area contributed by atoms with Crippen LogP contribution in [-0.2, 0) is 17.3 Å². The highest BCUT2D eigenvalue weighted by molar-refractivity contribution is 7.76. The number of fused-ring (bicyclic) bond motifs is 7. The van der Waals surface area contributed by atoms with Gasteiger partial charge in [0, 0.05) is 80.3 Å². The molecule has 380 valence electrons. The van der Waals surface area contributed by atoms with E-state index < -0.39 is 7.55 Å². The van der Waals surface area contributed by atoms with Gasteiger partial charge in [0.05, 0.1) is 28.1 Å². The van der Waals surface area contributed by atoms with Gasteiger partial charge in [-0.25, -0.2) is 0 Å². The first-order chi connectivity index (χ1) is 37.7. The van der Waals surface area contributed by atoms with Crippen LogP contribution in [0.1, 0.15) is 96.2 Å². The lowest BCUT2D eigenvalue weighted by Gasteiger charge is -2.47. The lowest BCUT2D eigenvalue weighted by atomic mass is 9.33. The summed E-state index contributed by atoms with van der Waals surface area (Å²) < 4.78 is 14.6. The maximum Gasteiger partial charge on any atom is 0.263 e. The van der Waals surface area contributed by atoms with Gasteiger partial charge in [0.2, 0.25) is 0 Å². The minimum Gasteiger partial charge on any atom is -0.460 e. The molecule has 3 atom stereocenters. The van der Waals surface area contributed by atoms with E-state index in [2.05, 4.69) is 241 Å². The molecule has 16 rings (SSSR count). The number of para-hydroxylation sites is 2. The SMILES string of the molecule is CC1=C(N2c3cc(N(c4ccc(C(C)(C)C)cc4)c4ccc(C(C)(C)C)cc4)cc4c3B3c5c2cc2oc6c7c2c5[P+](=C2C=CC=CC2C7=CCC6)c2cc5oc6ccccc6c5c(c23)N4c2ccccc2C)C=CC(C)C1. The molecule has 0 fully saturated rings. The summed E-state index contributed by atoms with van der Waals surface area (Å²) in [6, 6.07) is 46.5. The van der Waals surface area contributed by atoms with Gasteiger partial charge in [-0.05, 0) is 137 Å². The van der Waals surface area contributed by atoms with E-state index >= 15 is 0 Å². The highest BCUT2D eigenvalue weighted by Gasteiger charge is 2.57. The van der Waals surface area contributed by atoms with E-state index in [-0.39, 0.29) is 23.5 Å². The summed E-state index contributed by atoms with van der Waals surface area (Å²) in [6.07, 6.45) is 19.8. The molecule has 3 aliphatic carbocycles. The standard InChI is InChI=1S/C71H62BN3O2P/c1-40-25-34-52(42(3)35-40)74-53-36-47(73(45-30-26-43(27-31-45)70(4,5)6)46-32-28-44(29-33-46)71(7,8)9)37-54-65(53)72-66-55(74)38-58-64-62-49(20-16-23-57(62)77-58)48-18-12-15-24-60(48)78(69(64)66)61-39-59-63(50-19-11-14-22-56(50)76-59)68(67(61)72)75(54)51-21-13-10-17-41(51)2/h10-15,17-22,24-34,36-40,48H,16,23,35H2,1-9H3/q+1. The van der Waals surface area contributed by atoms with Crippen molar-refractivity contribution in [3.05, 3.63) is 203 Å². The van der Waals surface area contributed by atoms with Crippen LogP contribution in [0, 0.1) is 18.8 Å². The Balaban J connectivity index is 1.11. The van der Waals surface area contributed by atoms with E-state index in [0.29, 0.717) is 5.92 Å². The lowest BCUT2D eigenvalue weighted by molar-refractivity contribution is 0.544. The van der Waals surface area contributed by atoms with E-state index in [1.165, 1.54) is 111 Å². The van der Waals surface area contributed by atoms with Gasteiger partial charge in [-0.1, -0.05) is 140 Å². The number of hydrogen-bond donors (Lipinski definition) is 0. The summed E-state index contributed by atoms with van der Waals surface area (Å²) in [5.74, 6) is 1.71. The molecule has 7 aromatic carbocycles. The molecule has 0 bridgehead atoms. The molecule has 6 heterocycles. The Bertz CT molecular complexity index is 4310. The Labute approximate surface area is 459 Å². The monoisotopic (exact) mass is 1030 g/mol. The molecule has 0 amide bonds. The van der Waals surface area contributed by atoms with Gasteiger partial charge in [-0.15, -0.1) is 0 Å². The number of benzene rings is 7. The minimum absolute atomic E-state index is 0.000310. The second kappa shape index (κ2) is 16.2. The third-order valence-corrected chi connectivity index (χ3v) is 20.9. The first-order valence-electron chi connectivity index (χ1n) is 28.3. The quantitative estimate of drug-likeness (QED) is 0.127. The number of allylic oxidation sites excluding steroid dienone is 9. The van der Waals surface area contributed by atoms with Crippen LogP contribution < -0.4 is 41.7 Å². The van der Waals surface area contributed by atoms with E-state index in [1.54, 1.807) is 0 Å². The second-order valence-corrected chi connectivity index (χ2v) is 27.3. The Morgan fingerprint density at radius 3 is 2.03 bits per heavy atom. The van der Waals surface area contributed by atoms with Gasteiger partial charge in [-0.3, -0.25) is 0 Å². The molecule has 2 aromatic heterocycles. The van der Waals surface area contributed by atoms with Gasteiger partial charge < -0.3 is 23.5 Å². The average molecular weight is 1030 g/mol. The van der Waals surface area contributed by atoms with Gasteiger partial charge in [0.25, 0.3) is 6.71 Å². The first kappa shape index (κ1) is 46.3. The van der Waals surface area contributed by atoms with Crippen molar-refractivity contribution >= 4 is 131 Å². The summed E-state index contributed by atoms with van der Waals surface area (Å²) in [4.78, 5) is 7.89. The van der Waals surface area contributed by atoms with Gasteiger partial charge in [-0.2, -0.15) is 0 Å².